The number of methoxy groups -OCH3 is 2. The van der Waals surface area contributed by atoms with E-state index < -0.39 is 17.8 Å². The lowest BCUT2D eigenvalue weighted by atomic mass is 10.1. The molecule has 10 nitrogen and oxygen atoms in total. The quantitative estimate of drug-likeness (QED) is 0.707. The number of aryl methyl sites for hydroxylation is 1. The van der Waals surface area contributed by atoms with E-state index in [9.17, 15) is 14.4 Å². The summed E-state index contributed by atoms with van der Waals surface area (Å²) < 4.78 is 9.43. The SMILES string of the molecule is COC(=O)c1cc(NC(=O)c2cnc(N3CCN(C)CC3)nc2C)cc(C(=O)OC)c1. The van der Waals surface area contributed by atoms with E-state index in [0.717, 1.165) is 26.2 Å². The van der Waals surface area contributed by atoms with Gasteiger partial charge in [0.25, 0.3) is 5.91 Å². The zero-order valence-electron chi connectivity index (χ0n) is 18.0. The molecule has 1 aliphatic heterocycles. The van der Waals surface area contributed by atoms with Crippen molar-refractivity contribution in [2.45, 2.75) is 6.92 Å². The monoisotopic (exact) mass is 427 g/mol. The standard InChI is InChI=1S/C21H25N5O5/c1-13-17(12-22-21(23-13)26-7-5-25(2)6-8-26)18(27)24-16-10-14(19(28)30-3)9-15(11-16)20(29)31-4/h9-12H,5-8H2,1-4H3,(H,24,27). The summed E-state index contributed by atoms with van der Waals surface area (Å²) in [4.78, 5) is 49.8. The van der Waals surface area contributed by atoms with Crippen molar-refractivity contribution < 1.29 is 23.9 Å². The summed E-state index contributed by atoms with van der Waals surface area (Å²) in [6, 6.07) is 4.18. The van der Waals surface area contributed by atoms with Gasteiger partial charge >= 0.3 is 11.9 Å². The fraction of sp³-hybridized carbons (Fsp3) is 0.381. The van der Waals surface area contributed by atoms with Gasteiger partial charge in [0.1, 0.15) is 0 Å². The van der Waals surface area contributed by atoms with Gasteiger partial charge in [-0.15, -0.1) is 0 Å². The Morgan fingerprint density at radius 1 is 0.968 bits per heavy atom. The number of ether oxygens (including phenoxy) is 2. The van der Waals surface area contributed by atoms with Crippen LogP contribution >= 0.6 is 0 Å². The predicted octanol–water partition coefficient (Wildman–Crippen LogP) is 1.36. The number of rotatable bonds is 5. The highest BCUT2D eigenvalue weighted by atomic mass is 16.5. The number of benzene rings is 1. The zero-order valence-corrected chi connectivity index (χ0v) is 18.0. The summed E-state index contributed by atoms with van der Waals surface area (Å²) in [5, 5.41) is 2.69. The van der Waals surface area contributed by atoms with Gasteiger partial charge in [0.05, 0.1) is 36.6 Å². The first kappa shape index (κ1) is 22.2. The molecule has 1 aliphatic rings. The van der Waals surface area contributed by atoms with Crippen molar-refractivity contribution in [1.82, 2.24) is 14.9 Å². The average molecular weight is 427 g/mol. The number of nitrogens with one attached hydrogen (secondary N) is 1. The predicted molar refractivity (Wildman–Crippen MR) is 114 cm³/mol. The third-order valence-electron chi connectivity index (χ3n) is 5.03. The maximum atomic E-state index is 12.8. The number of carbonyl (C=O) groups excluding carboxylic acids is 3. The molecule has 10 heteroatoms. The summed E-state index contributed by atoms with van der Waals surface area (Å²) in [5.41, 5.74) is 1.29. The number of hydrogen-bond donors (Lipinski definition) is 1. The van der Waals surface area contributed by atoms with Gasteiger partial charge in [-0.3, -0.25) is 4.79 Å². The number of amides is 1. The lowest BCUT2D eigenvalue weighted by Gasteiger charge is -2.32. The molecule has 1 N–H and O–H groups in total. The highest BCUT2D eigenvalue weighted by molar-refractivity contribution is 6.06. The number of nitrogens with zero attached hydrogens (tertiary/aromatic N) is 4. The van der Waals surface area contributed by atoms with E-state index in [2.05, 4.69) is 32.1 Å². The molecule has 0 bridgehead atoms. The van der Waals surface area contributed by atoms with Gasteiger partial charge in [0.2, 0.25) is 5.95 Å². The molecule has 1 aromatic heterocycles. The first-order valence-electron chi connectivity index (χ1n) is 9.72. The third-order valence-corrected chi connectivity index (χ3v) is 5.03. The van der Waals surface area contributed by atoms with Crippen LogP contribution in [0, 0.1) is 6.92 Å². The zero-order chi connectivity index (χ0) is 22.5. The van der Waals surface area contributed by atoms with Crippen molar-refractivity contribution in [3.05, 3.63) is 46.8 Å². The van der Waals surface area contributed by atoms with E-state index in [1.165, 1.54) is 38.6 Å². The summed E-state index contributed by atoms with van der Waals surface area (Å²) in [6.07, 6.45) is 1.48. The first-order chi connectivity index (χ1) is 14.8. The fourth-order valence-electron chi connectivity index (χ4n) is 3.21. The molecular formula is C21H25N5O5. The number of piperazine rings is 1. The van der Waals surface area contributed by atoms with Gasteiger partial charge < -0.3 is 24.6 Å². The van der Waals surface area contributed by atoms with Gasteiger partial charge in [-0.2, -0.15) is 0 Å². The van der Waals surface area contributed by atoms with Crippen molar-refractivity contribution in [2.75, 3.05) is 57.7 Å². The third kappa shape index (κ3) is 5.15. The van der Waals surface area contributed by atoms with Crippen LogP contribution < -0.4 is 10.2 Å². The molecule has 0 unspecified atom stereocenters. The molecule has 1 amide bonds. The number of carbonyl (C=O) groups is 3. The topological polar surface area (TPSA) is 114 Å². The second kappa shape index (κ2) is 9.52. The van der Waals surface area contributed by atoms with E-state index in [1.807, 2.05) is 0 Å². The molecule has 164 valence electrons. The number of anilines is 2. The molecule has 0 spiro atoms. The second-order valence-corrected chi connectivity index (χ2v) is 7.20. The van der Waals surface area contributed by atoms with Gasteiger partial charge in [-0.05, 0) is 32.2 Å². The van der Waals surface area contributed by atoms with Gasteiger partial charge in [-0.25, -0.2) is 19.6 Å². The molecule has 2 aromatic rings. The second-order valence-electron chi connectivity index (χ2n) is 7.20. The van der Waals surface area contributed by atoms with Crippen LogP contribution in [0.2, 0.25) is 0 Å². The van der Waals surface area contributed by atoms with Crippen LogP contribution in [0.15, 0.2) is 24.4 Å². The maximum Gasteiger partial charge on any atom is 0.337 e. The molecule has 31 heavy (non-hydrogen) atoms. The van der Waals surface area contributed by atoms with Crippen LogP contribution in [0.4, 0.5) is 11.6 Å². The highest BCUT2D eigenvalue weighted by Gasteiger charge is 2.20. The molecule has 1 saturated heterocycles. The molecule has 2 heterocycles. The van der Waals surface area contributed by atoms with Crippen LogP contribution in [0.1, 0.15) is 36.8 Å². The van der Waals surface area contributed by atoms with Crippen molar-refractivity contribution in [2.24, 2.45) is 0 Å². The molecule has 1 fully saturated rings. The maximum absolute atomic E-state index is 12.8. The van der Waals surface area contributed by atoms with E-state index in [4.69, 9.17) is 9.47 Å². The van der Waals surface area contributed by atoms with Crippen LogP contribution in [-0.2, 0) is 9.47 Å². The van der Waals surface area contributed by atoms with E-state index >= 15 is 0 Å². The highest BCUT2D eigenvalue weighted by Crippen LogP contribution is 2.19. The Hall–Kier alpha value is -3.53. The smallest absolute Gasteiger partial charge is 0.337 e. The Bertz CT molecular complexity index is 967. The normalized spacial score (nSPS) is 14.1. The molecule has 0 radical (unpaired) electrons. The lowest BCUT2D eigenvalue weighted by molar-refractivity contribution is 0.0599. The van der Waals surface area contributed by atoms with Crippen LogP contribution in [0.25, 0.3) is 0 Å². The van der Waals surface area contributed by atoms with Crippen LogP contribution in [-0.4, -0.2) is 80.2 Å². The van der Waals surface area contributed by atoms with Crippen LogP contribution in [0.5, 0.6) is 0 Å². The molecule has 0 atom stereocenters. The van der Waals surface area contributed by atoms with E-state index in [-0.39, 0.29) is 16.8 Å². The van der Waals surface area contributed by atoms with Crippen molar-refractivity contribution in [1.29, 1.82) is 0 Å². The summed E-state index contributed by atoms with van der Waals surface area (Å²) in [7, 11) is 4.53. The minimum atomic E-state index is -0.641. The largest absolute Gasteiger partial charge is 0.465 e. The van der Waals surface area contributed by atoms with Gasteiger partial charge in [0.15, 0.2) is 0 Å². The summed E-state index contributed by atoms with van der Waals surface area (Å²) in [6.45, 7) is 5.21. The number of likely N-dealkylation sites (N-methyl/N-ethyl adjacent to an activating group) is 1. The summed E-state index contributed by atoms with van der Waals surface area (Å²) >= 11 is 0. The molecule has 0 saturated carbocycles. The lowest BCUT2D eigenvalue weighted by Crippen LogP contribution is -2.45. The Balaban J connectivity index is 1.82. The fourth-order valence-corrected chi connectivity index (χ4v) is 3.21. The average Bonchev–Trinajstić information content (AvgIpc) is 2.78. The number of hydrogen-bond acceptors (Lipinski definition) is 9. The molecule has 1 aromatic carbocycles. The van der Waals surface area contributed by atoms with E-state index in [0.29, 0.717) is 17.2 Å². The number of aromatic nitrogens is 2. The first-order valence-corrected chi connectivity index (χ1v) is 9.72. The van der Waals surface area contributed by atoms with E-state index in [1.54, 1.807) is 6.92 Å². The van der Waals surface area contributed by atoms with Gasteiger partial charge in [0, 0.05) is 38.1 Å². The minimum absolute atomic E-state index is 0.110. The number of esters is 2. The Morgan fingerprint density at radius 2 is 1.55 bits per heavy atom. The van der Waals surface area contributed by atoms with Crippen molar-refractivity contribution >= 4 is 29.5 Å². The van der Waals surface area contributed by atoms with Crippen LogP contribution in [0.3, 0.4) is 0 Å². The molecule has 3 rings (SSSR count). The Labute approximate surface area is 180 Å². The van der Waals surface area contributed by atoms with Crippen molar-refractivity contribution in [3.8, 4) is 0 Å². The molecular weight excluding hydrogens is 402 g/mol. The Kier molecular flexibility index (Phi) is 6.81. The summed E-state index contributed by atoms with van der Waals surface area (Å²) in [5.74, 6) is -1.15. The van der Waals surface area contributed by atoms with Gasteiger partial charge in [-0.1, -0.05) is 0 Å². The minimum Gasteiger partial charge on any atom is -0.465 e. The molecule has 0 aliphatic carbocycles. The Morgan fingerprint density at radius 3 is 2.06 bits per heavy atom. The van der Waals surface area contributed by atoms with Crippen molar-refractivity contribution in [3.63, 3.8) is 0 Å².